The van der Waals surface area contributed by atoms with Crippen LogP contribution in [0, 0.1) is 0 Å². The number of hydrogen-bond donors (Lipinski definition) is 1. The van der Waals surface area contributed by atoms with Gasteiger partial charge < -0.3 is 9.84 Å². The van der Waals surface area contributed by atoms with Crippen LogP contribution in [0.2, 0.25) is 0 Å². The van der Waals surface area contributed by atoms with Gasteiger partial charge in [-0.25, -0.2) is 0 Å². The lowest BCUT2D eigenvalue weighted by molar-refractivity contribution is 0.204. The predicted molar refractivity (Wildman–Crippen MR) is 74.8 cm³/mol. The van der Waals surface area contributed by atoms with Gasteiger partial charge in [0.05, 0.1) is 12.7 Å². The highest BCUT2D eigenvalue weighted by Gasteiger charge is 2.07. The number of benzene rings is 1. The second kappa shape index (κ2) is 8.43. The molecule has 1 aromatic rings. The summed E-state index contributed by atoms with van der Waals surface area (Å²) in [5.41, 5.74) is 0.970. The van der Waals surface area contributed by atoms with Crippen molar-refractivity contribution in [3.63, 3.8) is 0 Å². The van der Waals surface area contributed by atoms with Gasteiger partial charge in [0.15, 0.2) is 0 Å². The molecular formula is C14H22O2S. The fraction of sp³-hybridized carbons (Fsp3) is 0.571. The number of ether oxygens (including phenoxy) is 1. The Morgan fingerprint density at radius 2 is 1.88 bits per heavy atom. The second-order valence-electron chi connectivity index (χ2n) is 4.01. The average molecular weight is 254 g/mol. The van der Waals surface area contributed by atoms with Gasteiger partial charge in [-0.3, -0.25) is 0 Å². The molecule has 0 aromatic heterocycles. The minimum atomic E-state index is -0.369. The second-order valence-corrected chi connectivity index (χ2v) is 5.16. The zero-order valence-electron chi connectivity index (χ0n) is 10.7. The van der Waals surface area contributed by atoms with Crippen molar-refractivity contribution in [2.75, 3.05) is 18.1 Å². The van der Waals surface area contributed by atoms with E-state index in [0.29, 0.717) is 0 Å². The van der Waals surface area contributed by atoms with Gasteiger partial charge in [-0.1, -0.05) is 26.0 Å². The van der Waals surface area contributed by atoms with Crippen molar-refractivity contribution in [3.05, 3.63) is 29.8 Å². The van der Waals surface area contributed by atoms with Gasteiger partial charge >= 0.3 is 0 Å². The van der Waals surface area contributed by atoms with Gasteiger partial charge in [-0.2, -0.15) is 11.8 Å². The van der Waals surface area contributed by atoms with Crippen molar-refractivity contribution < 1.29 is 9.84 Å². The van der Waals surface area contributed by atoms with Crippen LogP contribution < -0.4 is 4.74 Å². The summed E-state index contributed by atoms with van der Waals surface area (Å²) in [6, 6.07) is 7.75. The summed E-state index contributed by atoms with van der Waals surface area (Å²) in [6.07, 6.45) is 1.80. The highest BCUT2D eigenvalue weighted by Crippen LogP contribution is 2.21. The summed E-state index contributed by atoms with van der Waals surface area (Å²) >= 11 is 1.79. The third kappa shape index (κ3) is 5.46. The molecule has 1 aromatic carbocycles. The first kappa shape index (κ1) is 14.4. The van der Waals surface area contributed by atoms with Crippen LogP contribution in [0.25, 0.3) is 0 Å². The summed E-state index contributed by atoms with van der Waals surface area (Å²) in [6.45, 7) is 4.98. The number of aliphatic hydroxyl groups is 1. The minimum absolute atomic E-state index is 0.369. The molecule has 2 nitrogen and oxygen atoms in total. The highest BCUT2D eigenvalue weighted by atomic mass is 32.2. The Morgan fingerprint density at radius 3 is 2.47 bits per heavy atom. The SMILES string of the molecule is CCCOc1ccc(C(O)CSCCC)cc1. The lowest BCUT2D eigenvalue weighted by Gasteiger charge is -2.11. The molecule has 1 rings (SSSR count). The first-order chi connectivity index (χ1) is 8.27. The van der Waals surface area contributed by atoms with Gasteiger partial charge in [0, 0.05) is 5.75 Å². The molecule has 0 spiro atoms. The Balaban J connectivity index is 2.43. The van der Waals surface area contributed by atoms with E-state index in [0.717, 1.165) is 42.3 Å². The maximum atomic E-state index is 9.95. The monoisotopic (exact) mass is 254 g/mol. The molecule has 3 heteroatoms. The summed E-state index contributed by atoms with van der Waals surface area (Å²) in [7, 11) is 0. The molecule has 0 fully saturated rings. The molecular weight excluding hydrogens is 232 g/mol. The van der Waals surface area contributed by atoms with Crippen LogP contribution in [0.5, 0.6) is 5.75 Å². The van der Waals surface area contributed by atoms with Gasteiger partial charge in [-0.15, -0.1) is 0 Å². The molecule has 0 aliphatic rings. The van der Waals surface area contributed by atoms with E-state index in [2.05, 4.69) is 13.8 Å². The van der Waals surface area contributed by atoms with E-state index in [9.17, 15) is 5.11 Å². The number of rotatable bonds is 8. The maximum Gasteiger partial charge on any atom is 0.119 e. The third-order valence-electron chi connectivity index (χ3n) is 2.36. The number of aliphatic hydroxyl groups excluding tert-OH is 1. The summed E-state index contributed by atoms with van der Waals surface area (Å²) < 4.78 is 5.50. The van der Waals surface area contributed by atoms with E-state index in [4.69, 9.17) is 4.74 Å². The number of thioether (sulfide) groups is 1. The van der Waals surface area contributed by atoms with Crippen LogP contribution in [-0.4, -0.2) is 23.2 Å². The Hall–Kier alpha value is -0.670. The topological polar surface area (TPSA) is 29.5 Å². The standard InChI is InChI=1S/C14H22O2S/c1-3-9-16-13-7-5-12(6-8-13)14(15)11-17-10-4-2/h5-8,14-15H,3-4,9-11H2,1-2H3. The molecule has 0 bridgehead atoms. The average Bonchev–Trinajstić information content (AvgIpc) is 2.37. The van der Waals surface area contributed by atoms with Gasteiger partial charge in [0.25, 0.3) is 0 Å². The van der Waals surface area contributed by atoms with Crippen LogP contribution in [0.1, 0.15) is 38.4 Å². The summed E-state index contributed by atoms with van der Waals surface area (Å²) in [5, 5.41) is 9.95. The minimum Gasteiger partial charge on any atom is -0.494 e. The van der Waals surface area contributed by atoms with Crippen molar-refractivity contribution in [1.82, 2.24) is 0 Å². The Morgan fingerprint density at radius 1 is 1.18 bits per heavy atom. The Labute approximate surface area is 108 Å². The van der Waals surface area contributed by atoms with E-state index in [1.165, 1.54) is 0 Å². The first-order valence-electron chi connectivity index (χ1n) is 6.26. The molecule has 0 aliphatic heterocycles. The summed E-state index contributed by atoms with van der Waals surface area (Å²) in [5.74, 6) is 2.75. The molecule has 0 saturated carbocycles. The molecule has 17 heavy (non-hydrogen) atoms. The lowest BCUT2D eigenvalue weighted by atomic mass is 10.1. The molecule has 0 saturated heterocycles. The maximum absolute atomic E-state index is 9.95. The third-order valence-corrected chi connectivity index (χ3v) is 3.61. The molecule has 1 atom stereocenters. The highest BCUT2D eigenvalue weighted by molar-refractivity contribution is 7.99. The van der Waals surface area contributed by atoms with Gasteiger partial charge in [-0.05, 0) is 36.3 Å². The molecule has 1 unspecified atom stereocenters. The Kier molecular flexibility index (Phi) is 7.13. The molecule has 1 N–H and O–H groups in total. The van der Waals surface area contributed by atoms with E-state index in [1.807, 2.05) is 24.3 Å². The molecule has 0 heterocycles. The predicted octanol–water partition coefficient (Wildman–Crippen LogP) is 3.65. The van der Waals surface area contributed by atoms with Crippen LogP contribution in [-0.2, 0) is 0 Å². The normalized spacial score (nSPS) is 12.4. The fourth-order valence-electron chi connectivity index (χ4n) is 1.44. The van der Waals surface area contributed by atoms with Crippen molar-refractivity contribution in [2.45, 2.75) is 32.8 Å². The Bertz CT molecular complexity index is 298. The molecule has 0 aliphatic carbocycles. The van der Waals surface area contributed by atoms with E-state index < -0.39 is 0 Å². The van der Waals surface area contributed by atoms with Crippen LogP contribution in [0.3, 0.4) is 0 Å². The molecule has 0 amide bonds. The van der Waals surface area contributed by atoms with E-state index in [1.54, 1.807) is 11.8 Å². The van der Waals surface area contributed by atoms with Crippen molar-refractivity contribution in [2.24, 2.45) is 0 Å². The van der Waals surface area contributed by atoms with Gasteiger partial charge in [0.2, 0.25) is 0 Å². The largest absolute Gasteiger partial charge is 0.494 e. The van der Waals surface area contributed by atoms with Crippen LogP contribution in [0.4, 0.5) is 0 Å². The van der Waals surface area contributed by atoms with Crippen molar-refractivity contribution in [3.8, 4) is 5.75 Å². The fourth-order valence-corrected chi connectivity index (χ4v) is 2.31. The zero-order valence-corrected chi connectivity index (χ0v) is 11.5. The number of hydrogen-bond acceptors (Lipinski definition) is 3. The lowest BCUT2D eigenvalue weighted by Crippen LogP contribution is -2.01. The van der Waals surface area contributed by atoms with E-state index in [-0.39, 0.29) is 6.10 Å². The van der Waals surface area contributed by atoms with Crippen LogP contribution >= 0.6 is 11.8 Å². The van der Waals surface area contributed by atoms with E-state index >= 15 is 0 Å². The first-order valence-corrected chi connectivity index (χ1v) is 7.42. The summed E-state index contributed by atoms with van der Waals surface area (Å²) in [4.78, 5) is 0. The smallest absolute Gasteiger partial charge is 0.119 e. The van der Waals surface area contributed by atoms with Gasteiger partial charge in [0.1, 0.15) is 5.75 Å². The van der Waals surface area contributed by atoms with Crippen molar-refractivity contribution >= 4 is 11.8 Å². The van der Waals surface area contributed by atoms with Crippen LogP contribution in [0.15, 0.2) is 24.3 Å². The zero-order chi connectivity index (χ0) is 12.5. The molecule has 96 valence electrons. The van der Waals surface area contributed by atoms with Crippen molar-refractivity contribution in [1.29, 1.82) is 0 Å². The molecule has 0 radical (unpaired) electrons. The quantitative estimate of drug-likeness (QED) is 0.718.